The van der Waals surface area contributed by atoms with E-state index in [0.717, 1.165) is 11.1 Å². The smallest absolute Gasteiger partial charge is 0.344 e. The van der Waals surface area contributed by atoms with Crippen LogP contribution in [0.1, 0.15) is 25.0 Å². The molecule has 0 saturated carbocycles. The van der Waals surface area contributed by atoms with Crippen LogP contribution in [0.2, 0.25) is 0 Å². The highest BCUT2D eigenvalue weighted by molar-refractivity contribution is 5.83. The molecule has 0 radical (unpaired) electrons. The number of amides is 1. The molecule has 0 heterocycles. The fourth-order valence-electron chi connectivity index (χ4n) is 1.60. The number of aryl methyl sites for hydroxylation is 2. The van der Waals surface area contributed by atoms with Gasteiger partial charge in [0.15, 0.2) is 12.7 Å². The highest BCUT2D eigenvalue weighted by Crippen LogP contribution is 2.18. The summed E-state index contributed by atoms with van der Waals surface area (Å²) in [5.74, 6) is -0.232. The van der Waals surface area contributed by atoms with Gasteiger partial charge < -0.3 is 14.8 Å². The van der Waals surface area contributed by atoms with E-state index in [4.69, 9.17) is 9.47 Å². The standard InChI is InChI=1S/C15H21NO4/c1-5-16-15(18)12(4)20-14(17)9-19-13-8-10(2)6-7-11(13)3/h6-8,12H,5,9H2,1-4H3,(H,16,18)/t12-/m0/s1. The molecule has 0 saturated heterocycles. The van der Waals surface area contributed by atoms with Gasteiger partial charge >= 0.3 is 5.97 Å². The Balaban J connectivity index is 2.47. The molecule has 20 heavy (non-hydrogen) atoms. The molecular weight excluding hydrogens is 258 g/mol. The van der Waals surface area contributed by atoms with E-state index in [9.17, 15) is 9.59 Å². The fourth-order valence-corrected chi connectivity index (χ4v) is 1.60. The van der Waals surface area contributed by atoms with Crippen LogP contribution in [0.5, 0.6) is 5.75 Å². The monoisotopic (exact) mass is 279 g/mol. The second kappa shape index (κ2) is 7.53. The van der Waals surface area contributed by atoms with Crippen molar-refractivity contribution in [2.45, 2.75) is 33.8 Å². The minimum Gasteiger partial charge on any atom is -0.482 e. The Morgan fingerprint density at radius 1 is 1.30 bits per heavy atom. The SMILES string of the molecule is CCNC(=O)[C@H](C)OC(=O)COc1cc(C)ccc1C. The highest BCUT2D eigenvalue weighted by Gasteiger charge is 2.17. The second-order valence-electron chi connectivity index (χ2n) is 4.58. The molecule has 0 unspecified atom stereocenters. The summed E-state index contributed by atoms with van der Waals surface area (Å²) in [4.78, 5) is 23.0. The molecule has 0 aliphatic carbocycles. The number of nitrogens with one attached hydrogen (secondary N) is 1. The second-order valence-corrected chi connectivity index (χ2v) is 4.58. The fraction of sp³-hybridized carbons (Fsp3) is 0.467. The normalized spacial score (nSPS) is 11.6. The molecule has 0 aliphatic heterocycles. The van der Waals surface area contributed by atoms with Crippen molar-refractivity contribution in [1.29, 1.82) is 0 Å². The van der Waals surface area contributed by atoms with Crippen LogP contribution in [0.15, 0.2) is 18.2 Å². The van der Waals surface area contributed by atoms with E-state index in [1.807, 2.05) is 32.0 Å². The summed E-state index contributed by atoms with van der Waals surface area (Å²) in [6.07, 6.45) is -0.815. The molecule has 1 atom stereocenters. The molecule has 5 heteroatoms. The van der Waals surface area contributed by atoms with Crippen molar-refractivity contribution in [2.24, 2.45) is 0 Å². The number of hydrogen-bond acceptors (Lipinski definition) is 4. The van der Waals surface area contributed by atoms with Gasteiger partial charge in [-0.05, 0) is 44.9 Å². The third kappa shape index (κ3) is 4.91. The van der Waals surface area contributed by atoms with E-state index < -0.39 is 12.1 Å². The van der Waals surface area contributed by atoms with Gasteiger partial charge in [0.05, 0.1) is 0 Å². The zero-order valence-corrected chi connectivity index (χ0v) is 12.4. The van der Waals surface area contributed by atoms with E-state index in [1.54, 1.807) is 6.92 Å². The predicted molar refractivity (Wildman–Crippen MR) is 75.6 cm³/mol. The minimum absolute atomic E-state index is 0.214. The molecule has 0 aliphatic rings. The Bertz CT molecular complexity index is 485. The average Bonchev–Trinajstić information content (AvgIpc) is 2.40. The third-order valence-electron chi connectivity index (χ3n) is 2.72. The zero-order valence-electron chi connectivity index (χ0n) is 12.4. The molecule has 0 bridgehead atoms. The lowest BCUT2D eigenvalue weighted by Gasteiger charge is -2.14. The van der Waals surface area contributed by atoms with Crippen molar-refractivity contribution < 1.29 is 19.1 Å². The molecule has 0 spiro atoms. The Morgan fingerprint density at radius 2 is 2.00 bits per heavy atom. The molecule has 0 fully saturated rings. The molecule has 1 aromatic rings. The lowest BCUT2D eigenvalue weighted by Crippen LogP contribution is -2.36. The van der Waals surface area contributed by atoms with Crippen molar-refractivity contribution in [3.05, 3.63) is 29.3 Å². The van der Waals surface area contributed by atoms with Crippen LogP contribution in [0, 0.1) is 13.8 Å². The highest BCUT2D eigenvalue weighted by atomic mass is 16.6. The predicted octanol–water partition coefficient (Wildman–Crippen LogP) is 1.75. The largest absolute Gasteiger partial charge is 0.482 e. The van der Waals surface area contributed by atoms with Gasteiger partial charge in [0, 0.05) is 6.54 Å². The van der Waals surface area contributed by atoms with Crippen LogP contribution in [-0.4, -0.2) is 31.1 Å². The number of esters is 1. The Hall–Kier alpha value is -2.04. The van der Waals surface area contributed by atoms with Gasteiger partial charge in [-0.3, -0.25) is 4.79 Å². The Morgan fingerprint density at radius 3 is 2.65 bits per heavy atom. The summed E-state index contributed by atoms with van der Waals surface area (Å²) in [5.41, 5.74) is 2.00. The maximum atomic E-state index is 11.6. The lowest BCUT2D eigenvalue weighted by molar-refractivity contribution is -0.156. The number of likely N-dealkylation sites (N-methyl/N-ethyl adjacent to an activating group) is 1. The first-order chi connectivity index (χ1) is 9.43. The van der Waals surface area contributed by atoms with Crippen LogP contribution >= 0.6 is 0 Å². The zero-order chi connectivity index (χ0) is 15.1. The Labute approximate surface area is 119 Å². The van der Waals surface area contributed by atoms with Crippen molar-refractivity contribution in [3.63, 3.8) is 0 Å². The van der Waals surface area contributed by atoms with Crippen LogP contribution in [0.4, 0.5) is 0 Å². The summed E-state index contributed by atoms with van der Waals surface area (Å²) in [5, 5.41) is 2.58. The van der Waals surface area contributed by atoms with Gasteiger partial charge in [-0.1, -0.05) is 12.1 Å². The molecular formula is C15H21NO4. The lowest BCUT2D eigenvalue weighted by atomic mass is 10.1. The molecule has 1 amide bonds. The summed E-state index contributed by atoms with van der Waals surface area (Å²) in [6.45, 7) is 7.46. The number of carbonyl (C=O) groups excluding carboxylic acids is 2. The van der Waals surface area contributed by atoms with Gasteiger partial charge in [0.2, 0.25) is 0 Å². The van der Waals surface area contributed by atoms with Gasteiger partial charge in [0.1, 0.15) is 5.75 Å². The molecule has 0 aromatic heterocycles. The number of benzene rings is 1. The van der Waals surface area contributed by atoms with Crippen LogP contribution in [0.25, 0.3) is 0 Å². The van der Waals surface area contributed by atoms with Gasteiger partial charge in [0.25, 0.3) is 5.91 Å². The Kier molecular flexibility index (Phi) is 6.03. The average molecular weight is 279 g/mol. The molecule has 5 nitrogen and oxygen atoms in total. The molecule has 1 aromatic carbocycles. The molecule has 110 valence electrons. The maximum Gasteiger partial charge on any atom is 0.344 e. The van der Waals surface area contributed by atoms with E-state index >= 15 is 0 Å². The number of rotatable bonds is 6. The van der Waals surface area contributed by atoms with Crippen molar-refractivity contribution in [3.8, 4) is 5.75 Å². The van der Waals surface area contributed by atoms with E-state index in [1.165, 1.54) is 6.92 Å². The van der Waals surface area contributed by atoms with Gasteiger partial charge in [-0.25, -0.2) is 4.79 Å². The van der Waals surface area contributed by atoms with E-state index in [-0.39, 0.29) is 12.5 Å². The first-order valence-electron chi connectivity index (χ1n) is 6.61. The van der Waals surface area contributed by atoms with Crippen molar-refractivity contribution >= 4 is 11.9 Å². The summed E-state index contributed by atoms with van der Waals surface area (Å²) >= 11 is 0. The van der Waals surface area contributed by atoms with Crippen molar-refractivity contribution in [2.75, 3.05) is 13.2 Å². The van der Waals surface area contributed by atoms with Gasteiger partial charge in [-0.15, -0.1) is 0 Å². The summed E-state index contributed by atoms with van der Waals surface area (Å²) in [6, 6.07) is 5.75. The number of carbonyl (C=O) groups is 2. The van der Waals surface area contributed by atoms with Crippen LogP contribution < -0.4 is 10.1 Å². The summed E-state index contributed by atoms with van der Waals surface area (Å²) in [7, 11) is 0. The van der Waals surface area contributed by atoms with Crippen LogP contribution in [-0.2, 0) is 14.3 Å². The van der Waals surface area contributed by atoms with E-state index in [0.29, 0.717) is 12.3 Å². The number of hydrogen-bond donors (Lipinski definition) is 1. The molecule has 1 rings (SSSR count). The topological polar surface area (TPSA) is 64.6 Å². The van der Waals surface area contributed by atoms with E-state index in [2.05, 4.69) is 5.32 Å². The summed E-state index contributed by atoms with van der Waals surface area (Å²) < 4.78 is 10.4. The first-order valence-corrected chi connectivity index (χ1v) is 6.61. The quantitative estimate of drug-likeness (QED) is 0.806. The van der Waals surface area contributed by atoms with Crippen molar-refractivity contribution in [1.82, 2.24) is 5.32 Å². The third-order valence-corrected chi connectivity index (χ3v) is 2.72. The number of ether oxygens (including phenoxy) is 2. The molecule has 1 N–H and O–H groups in total. The van der Waals surface area contributed by atoms with Crippen LogP contribution in [0.3, 0.4) is 0 Å². The van der Waals surface area contributed by atoms with Gasteiger partial charge in [-0.2, -0.15) is 0 Å². The first kappa shape index (κ1) is 16.0. The minimum atomic E-state index is -0.815. The maximum absolute atomic E-state index is 11.6.